The number of hydrogen-bond donors (Lipinski definition) is 1. The zero-order chi connectivity index (χ0) is 19.3. The third-order valence-electron chi connectivity index (χ3n) is 3.62. The number of ether oxygens (including phenoxy) is 1. The summed E-state index contributed by atoms with van der Waals surface area (Å²) in [5.41, 5.74) is -0.864. The fourth-order valence-electron chi connectivity index (χ4n) is 2.36. The minimum Gasteiger partial charge on any atom is -0.467 e. The first-order valence-corrected chi connectivity index (χ1v) is 8.59. The van der Waals surface area contributed by atoms with Crippen LogP contribution in [0, 0.1) is 3.57 Å². The van der Waals surface area contributed by atoms with Gasteiger partial charge in [0.1, 0.15) is 6.04 Å². The van der Waals surface area contributed by atoms with E-state index in [-0.39, 0.29) is 6.42 Å². The number of carbonyl (C=O) groups is 2. The predicted molar refractivity (Wildman–Crippen MR) is 97.6 cm³/mol. The lowest BCUT2D eigenvalue weighted by Gasteiger charge is -2.18. The number of benzene rings is 2. The Morgan fingerprint density at radius 2 is 1.73 bits per heavy atom. The van der Waals surface area contributed by atoms with Gasteiger partial charge in [-0.1, -0.05) is 24.3 Å². The maximum Gasteiger partial charge on any atom is 0.417 e. The van der Waals surface area contributed by atoms with Crippen molar-refractivity contribution in [3.63, 3.8) is 0 Å². The highest BCUT2D eigenvalue weighted by Crippen LogP contribution is 2.31. The molecule has 0 spiro atoms. The van der Waals surface area contributed by atoms with Crippen LogP contribution in [0.1, 0.15) is 21.5 Å². The molecule has 8 heteroatoms. The quantitative estimate of drug-likeness (QED) is 0.527. The standard InChI is InChI=1S/C18H15F3INO3/c1-26-17(25)15(10-11-6-8-12(22)9-7-11)23-16(24)13-4-2-3-5-14(13)18(19,20)21/h2-9,15H,10H2,1H3,(H,23,24)/t15-/m0/s1. The van der Waals surface area contributed by atoms with Crippen LogP contribution in [0.4, 0.5) is 13.2 Å². The monoisotopic (exact) mass is 477 g/mol. The van der Waals surface area contributed by atoms with Crippen LogP contribution in [0.2, 0.25) is 0 Å². The number of alkyl halides is 3. The highest BCUT2D eigenvalue weighted by Gasteiger charge is 2.35. The Morgan fingerprint density at radius 3 is 2.31 bits per heavy atom. The summed E-state index contributed by atoms with van der Waals surface area (Å²) < 4.78 is 44.9. The van der Waals surface area contributed by atoms with Gasteiger partial charge in [0.25, 0.3) is 5.91 Å². The largest absolute Gasteiger partial charge is 0.467 e. The number of halogens is 4. The Balaban J connectivity index is 2.25. The molecule has 0 saturated carbocycles. The van der Waals surface area contributed by atoms with Crippen molar-refractivity contribution < 1.29 is 27.5 Å². The molecule has 26 heavy (non-hydrogen) atoms. The van der Waals surface area contributed by atoms with Crippen molar-refractivity contribution in [2.24, 2.45) is 0 Å². The van der Waals surface area contributed by atoms with Crippen molar-refractivity contribution in [1.82, 2.24) is 5.32 Å². The Kier molecular flexibility index (Phi) is 6.63. The molecule has 0 aromatic heterocycles. The number of esters is 1. The molecule has 0 heterocycles. The van der Waals surface area contributed by atoms with Gasteiger partial charge in [0.05, 0.1) is 18.2 Å². The van der Waals surface area contributed by atoms with Gasteiger partial charge in [-0.3, -0.25) is 4.79 Å². The number of rotatable bonds is 5. The minimum absolute atomic E-state index is 0.101. The SMILES string of the molecule is COC(=O)[C@H](Cc1ccc(I)cc1)NC(=O)c1ccccc1C(F)(F)F. The lowest BCUT2D eigenvalue weighted by Crippen LogP contribution is -2.43. The molecule has 0 saturated heterocycles. The Labute approximate surface area is 161 Å². The number of carbonyl (C=O) groups excluding carboxylic acids is 2. The summed E-state index contributed by atoms with van der Waals surface area (Å²) in [7, 11) is 1.15. The molecule has 0 unspecified atom stereocenters. The molecule has 2 aromatic carbocycles. The second kappa shape index (κ2) is 8.52. The summed E-state index contributed by atoms with van der Waals surface area (Å²) >= 11 is 2.12. The molecule has 2 rings (SSSR count). The molecule has 1 amide bonds. The molecular weight excluding hydrogens is 462 g/mol. The second-order valence-corrected chi connectivity index (χ2v) is 6.67. The molecular formula is C18H15F3INO3. The Morgan fingerprint density at radius 1 is 1.12 bits per heavy atom. The van der Waals surface area contributed by atoms with Crippen LogP contribution in [0.5, 0.6) is 0 Å². The smallest absolute Gasteiger partial charge is 0.417 e. The predicted octanol–water partition coefficient (Wildman–Crippen LogP) is 3.82. The molecule has 1 N–H and O–H groups in total. The maximum atomic E-state index is 13.1. The van der Waals surface area contributed by atoms with E-state index in [0.717, 1.165) is 28.4 Å². The van der Waals surface area contributed by atoms with E-state index >= 15 is 0 Å². The van der Waals surface area contributed by atoms with E-state index in [4.69, 9.17) is 0 Å². The van der Waals surface area contributed by atoms with Gasteiger partial charge in [-0.05, 0) is 52.4 Å². The minimum atomic E-state index is -4.68. The number of methoxy groups -OCH3 is 1. The zero-order valence-electron chi connectivity index (χ0n) is 13.6. The van der Waals surface area contributed by atoms with Crippen LogP contribution in [-0.4, -0.2) is 25.0 Å². The van der Waals surface area contributed by atoms with Gasteiger partial charge in [0.2, 0.25) is 0 Å². The maximum absolute atomic E-state index is 13.1. The summed E-state index contributed by atoms with van der Waals surface area (Å²) in [4.78, 5) is 24.3. The second-order valence-electron chi connectivity index (χ2n) is 5.42. The van der Waals surface area contributed by atoms with Gasteiger partial charge in [0.15, 0.2) is 0 Å². The van der Waals surface area contributed by atoms with Crippen molar-refractivity contribution in [1.29, 1.82) is 0 Å². The normalized spacial score (nSPS) is 12.3. The third-order valence-corrected chi connectivity index (χ3v) is 4.34. The third kappa shape index (κ3) is 5.20. The van der Waals surface area contributed by atoms with E-state index < -0.39 is 35.2 Å². The van der Waals surface area contributed by atoms with Crippen LogP contribution < -0.4 is 5.32 Å². The summed E-state index contributed by atoms with van der Waals surface area (Å²) in [5.74, 6) is -1.72. The van der Waals surface area contributed by atoms with Crippen LogP contribution in [0.25, 0.3) is 0 Å². The molecule has 2 aromatic rings. The molecule has 0 aliphatic carbocycles. The molecule has 1 atom stereocenters. The molecule has 0 aliphatic heterocycles. The van der Waals surface area contributed by atoms with E-state index in [1.165, 1.54) is 12.1 Å². The first-order chi connectivity index (χ1) is 12.2. The van der Waals surface area contributed by atoms with Crippen LogP contribution in [0.15, 0.2) is 48.5 Å². The fraction of sp³-hybridized carbons (Fsp3) is 0.222. The lowest BCUT2D eigenvalue weighted by atomic mass is 10.0. The van der Waals surface area contributed by atoms with Crippen molar-refractivity contribution in [3.05, 3.63) is 68.8 Å². The molecule has 0 bridgehead atoms. The van der Waals surface area contributed by atoms with Crippen molar-refractivity contribution in [2.45, 2.75) is 18.6 Å². The van der Waals surface area contributed by atoms with Crippen molar-refractivity contribution in [2.75, 3.05) is 7.11 Å². The number of amides is 1. The molecule has 4 nitrogen and oxygen atoms in total. The van der Waals surface area contributed by atoms with Gasteiger partial charge in [0, 0.05) is 9.99 Å². The van der Waals surface area contributed by atoms with E-state index in [1.807, 2.05) is 12.1 Å². The molecule has 0 aliphatic rings. The van der Waals surface area contributed by atoms with E-state index in [9.17, 15) is 22.8 Å². The summed E-state index contributed by atoms with van der Waals surface area (Å²) in [6, 6.07) is 10.5. The van der Waals surface area contributed by atoms with Crippen LogP contribution in [0.3, 0.4) is 0 Å². The molecule has 138 valence electrons. The first kappa shape index (κ1) is 20.2. The Bertz CT molecular complexity index is 791. The first-order valence-electron chi connectivity index (χ1n) is 7.51. The van der Waals surface area contributed by atoms with E-state index in [0.29, 0.717) is 0 Å². The topological polar surface area (TPSA) is 55.4 Å². The Hall–Kier alpha value is -2.10. The van der Waals surface area contributed by atoms with E-state index in [1.54, 1.807) is 12.1 Å². The molecule has 0 radical (unpaired) electrons. The van der Waals surface area contributed by atoms with Gasteiger partial charge < -0.3 is 10.1 Å². The molecule has 0 fully saturated rings. The highest BCUT2D eigenvalue weighted by molar-refractivity contribution is 14.1. The average Bonchev–Trinajstić information content (AvgIpc) is 2.61. The van der Waals surface area contributed by atoms with Gasteiger partial charge >= 0.3 is 12.1 Å². The number of hydrogen-bond acceptors (Lipinski definition) is 3. The van der Waals surface area contributed by atoms with Crippen molar-refractivity contribution in [3.8, 4) is 0 Å². The van der Waals surface area contributed by atoms with E-state index in [2.05, 4.69) is 32.6 Å². The van der Waals surface area contributed by atoms with Crippen LogP contribution in [-0.2, 0) is 22.1 Å². The van der Waals surface area contributed by atoms with Crippen LogP contribution >= 0.6 is 22.6 Å². The van der Waals surface area contributed by atoms with Gasteiger partial charge in [-0.25, -0.2) is 4.79 Å². The fourth-order valence-corrected chi connectivity index (χ4v) is 2.72. The summed E-state index contributed by atoms with van der Waals surface area (Å²) in [6.45, 7) is 0. The average molecular weight is 477 g/mol. The highest BCUT2D eigenvalue weighted by atomic mass is 127. The lowest BCUT2D eigenvalue weighted by molar-refractivity contribution is -0.142. The summed E-state index contributed by atoms with van der Waals surface area (Å²) in [5, 5.41) is 2.34. The number of nitrogens with one attached hydrogen (secondary N) is 1. The van der Waals surface area contributed by atoms with Gasteiger partial charge in [-0.2, -0.15) is 13.2 Å². The summed E-state index contributed by atoms with van der Waals surface area (Å²) in [6.07, 6.45) is -4.58. The van der Waals surface area contributed by atoms with Crippen molar-refractivity contribution >= 4 is 34.5 Å². The zero-order valence-corrected chi connectivity index (χ0v) is 15.8. The van der Waals surface area contributed by atoms with Gasteiger partial charge in [-0.15, -0.1) is 0 Å².